The van der Waals surface area contributed by atoms with Crippen molar-refractivity contribution in [3.05, 3.63) is 82.9 Å². The van der Waals surface area contributed by atoms with Crippen molar-refractivity contribution in [2.45, 2.75) is 91.4 Å². The van der Waals surface area contributed by atoms with E-state index in [2.05, 4.69) is 81.4 Å². The van der Waals surface area contributed by atoms with E-state index in [1.165, 1.54) is 76.6 Å². The van der Waals surface area contributed by atoms with E-state index in [1.807, 2.05) is 0 Å². The van der Waals surface area contributed by atoms with E-state index in [9.17, 15) is 0 Å². The third-order valence-corrected chi connectivity index (χ3v) is 7.06. The van der Waals surface area contributed by atoms with Crippen molar-refractivity contribution in [1.82, 2.24) is 0 Å². The molecule has 182 valence electrons. The van der Waals surface area contributed by atoms with Gasteiger partial charge in [0.15, 0.2) is 0 Å². The molecule has 0 amide bonds. The Bertz CT molecular complexity index is 1000. The lowest BCUT2D eigenvalue weighted by molar-refractivity contribution is 0.283. The number of hydrogen-bond acceptors (Lipinski definition) is 1. The third-order valence-electron chi connectivity index (χ3n) is 7.06. The minimum atomic E-state index is 0.304. The quantitative estimate of drug-likeness (QED) is 0.240. The maximum atomic E-state index is 9.00. The van der Waals surface area contributed by atoms with Gasteiger partial charge in [-0.25, -0.2) is 0 Å². The maximum Gasteiger partial charge on any atom is 0.0431 e. The topological polar surface area (TPSA) is 20.2 Å². The summed E-state index contributed by atoms with van der Waals surface area (Å²) in [5.41, 5.74) is 11.1. The number of rotatable bonds is 14. The molecule has 0 saturated carbocycles. The van der Waals surface area contributed by atoms with Crippen LogP contribution in [-0.2, 0) is 25.7 Å². The summed E-state index contributed by atoms with van der Waals surface area (Å²) < 4.78 is 0. The van der Waals surface area contributed by atoms with E-state index in [4.69, 9.17) is 5.11 Å². The Labute approximate surface area is 208 Å². The molecule has 0 aliphatic carbocycles. The standard InChI is InChI=1S/C33H44O/c1-4-7-8-10-13-26-15-18-30(19-16-26)32-22-20-31(25-29(32)6-3)33-21-17-27(24-28(33)5-2)14-11-9-12-23-34/h15-22,24-25,34H,4-14,23H2,1-3H3. The summed E-state index contributed by atoms with van der Waals surface area (Å²) >= 11 is 0. The van der Waals surface area contributed by atoms with Crippen LogP contribution in [0, 0.1) is 0 Å². The van der Waals surface area contributed by atoms with Gasteiger partial charge in [-0.2, -0.15) is 0 Å². The summed E-state index contributed by atoms with van der Waals surface area (Å²) in [7, 11) is 0. The van der Waals surface area contributed by atoms with Gasteiger partial charge in [0.2, 0.25) is 0 Å². The SMILES string of the molecule is CCCCCCc1ccc(-c2ccc(-c3ccc(CCCCCO)cc3CC)cc2CC)cc1. The van der Waals surface area contributed by atoms with Crippen LogP contribution in [0.15, 0.2) is 60.7 Å². The number of unbranched alkanes of at least 4 members (excludes halogenated alkanes) is 5. The number of aliphatic hydroxyl groups excluding tert-OH is 1. The first kappa shape index (κ1) is 26.2. The van der Waals surface area contributed by atoms with Crippen molar-refractivity contribution >= 4 is 0 Å². The van der Waals surface area contributed by atoms with Crippen LogP contribution in [0.25, 0.3) is 22.3 Å². The van der Waals surface area contributed by atoms with E-state index in [0.717, 1.165) is 38.5 Å². The first-order valence-electron chi connectivity index (χ1n) is 13.6. The lowest BCUT2D eigenvalue weighted by Gasteiger charge is -2.15. The molecule has 0 radical (unpaired) electrons. The van der Waals surface area contributed by atoms with Gasteiger partial charge in [0.05, 0.1) is 0 Å². The smallest absolute Gasteiger partial charge is 0.0431 e. The first-order valence-corrected chi connectivity index (χ1v) is 13.6. The molecule has 1 nitrogen and oxygen atoms in total. The Morgan fingerprint density at radius 2 is 1.09 bits per heavy atom. The molecule has 3 rings (SSSR count). The first-order chi connectivity index (χ1) is 16.7. The molecule has 0 heterocycles. The highest BCUT2D eigenvalue weighted by Gasteiger charge is 2.10. The zero-order chi connectivity index (χ0) is 24.2. The molecule has 0 aliphatic heterocycles. The van der Waals surface area contributed by atoms with Crippen LogP contribution in [0.2, 0.25) is 0 Å². The molecule has 0 unspecified atom stereocenters. The Morgan fingerprint density at radius 1 is 0.529 bits per heavy atom. The van der Waals surface area contributed by atoms with Gasteiger partial charge < -0.3 is 5.11 Å². The van der Waals surface area contributed by atoms with Gasteiger partial charge in [-0.1, -0.05) is 107 Å². The van der Waals surface area contributed by atoms with Gasteiger partial charge in [-0.15, -0.1) is 0 Å². The fourth-order valence-corrected chi connectivity index (χ4v) is 4.94. The van der Waals surface area contributed by atoms with Crippen molar-refractivity contribution in [2.24, 2.45) is 0 Å². The fraction of sp³-hybridized carbons (Fsp3) is 0.455. The van der Waals surface area contributed by atoms with Gasteiger partial charge in [0, 0.05) is 6.61 Å². The lowest BCUT2D eigenvalue weighted by atomic mass is 9.90. The largest absolute Gasteiger partial charge is 0.396 e. The second-order valence-electron chi connectivity index (χ2n) is 9.61. The minimum absolute atomic E-state index is 0.304. The predicted octanol–water partition coefficient (Wildman–Crippen LogP) is 8.97. The molecular weight excluding hydrogens is 412 g/mol. The molecule has 0 fully saturated rings. The van der Waals surface area contributed by atoms with Crippen LogP contribution in [0.1, 0.15) is 88.0 Å². The van der Waals surface area contributed by atoms with Crippen LogP contribution in [0.4, 0.5) is 0 Å². The van der Waals surface area contributed by atoms with E-state index in [0.29, 0.717) is 6.61 Å². The molecule has 34 heavy (non-hydrogen) atoms. The second-order valence-corrected chi connectivity index (χ2v) is 9.61. The van der Waals surface area contributed by atoms with Crippen molar-refractivity contribution < 1.29 is 5.11 Å². The zero-order valence-electron chi connectivity index (χ0n) is 21.7. The molecule has 1 heteroatoms. The summed E-state index contributed by atoms with van der Waals surface area (Å²) in [5.74, 6) is 0. The van der Waals surface area contributed by atoms with Crippen molar-refractivity contribution in [3.8, 4) is 22.3 Å². The molecule has 3 aromatic rings. The Balaban J connectivity index is 1.77. The van der Waals surface area contributed by atoms with Gasteiger partial charge in [0.25, 0.3) is 0 Å². The number of aryl methyl sites for hydroxylation is 4. The Hall–Kier alpha value is -2.38. The summed E-state index contributed by atoms with van der Waals surface area (Å²) in [6.45, 7) is 7.10. The predicted molar refractivity (Wildman–Crippen MR) is 149 cm³/mol. The van der Waals surface area contributed by atoms with Crippen LogP contribution in [0.3, 0.4) is 0 Å². The van der Waals surface area contributed by atoms with E-state index < -0.39 is 0 Å². The van der Waals surface area contributed by atoms with Gasteiger partial charge in [-0.3, -0.25) is 0 Å². The summed E-state index contributed by atoms with van der Waals surface area (Å²) in [6, 6.07) is 23.3. The van der Waals surface area contributed by atoms with Gasteiger partial charge >= 0.3 is 0 Å². The number of hydrogen-bond donors (Lipinski definition) is 1. The van der Waals surface area contributed by atoms with Crippen LogP contribution in [0.5, 0.6) is 0 Å². The normalized spacial score (nSPS) is 11.2. The van der Waals surface area contributed by atoms with Crippen LogP contribution < -0.4 is 0 Å². The third kappa shape index (κ3) is 7.31. The molecule has 1 N–H and O–H groups in total. The van der Waals surface area contributed by atoms with Crippen molar-refractivity contribution in [3.63, 3.8) is 0 Å². The van der Waals surface area contributed by atoms with E-state index >= 15 is 0 Å². The average Bonchev–Trinajstić information content (AvgIpc) is 2.89. The van der Waals surface area contributed by atoms with Crippen molar-refractivity contribution in [2.75, 3.05) is 6.61 Å². The molecule has 0 atom stereocenters. The number of benzene rings is 3. The fourth-order valence-electron chi connectivity index (χ4n) is 4.94. The van der Waals surface area contributed by atoms with Gasteiger partial charge in [-0.05, 0) is 89.5 Å². The minimum Gasteiger partial charge on any atom is -0.396 e. The molecule has 0 saturated heterocycles. The summed E-state index contributed by atoms with van der Waals surface area (Å²) in [4.78, 5) is 0. The lowest BCUT2D eigenvalue weighted by Crippen LogP contribution is -1.95. The summed E-state index contributed by atoms with van der Waals surface area (Å²) in [5, 5.41) is 9.00. The molecule has 0 bridgehead atoms. The van der Waals surface area contributed by atoms with Crippen molar-refractivity contribution in [1.29, 1.82) is 0 Å². The Kier molecular flexibility index (Phi) is 10.9. The number of aliphatic hydroxyl groups is 1. The molecule has 0 aliphatic rings. The Morgan fingerprint density at radius 3 is 1.76 bits per heavy atom. The molecular formula is C33H44O. The second kappa shape index (κ2) is 14.1. The van der Waals surface area contributed by atoms with Gasteiger partial charge in [0.1, 0.15) is 0 Å². The average molecular weight is 457 g/mol. The molecule has 3 aromatic carbocycles. The highest BCUT2D eigenvalue weighted by Crippen LogP contribution is 2.32. The van der Waals surface area contributed by atoms with Crippen LogP contribution >= 0.6 is 0 Å². The summed E-state index contributed by atoms with van der Waals surface area (Å²) in [6.07, 6.45) is 12.8. The highest BCUT2D eigenvalue weighted by atomic mass is 16.2. The van der Waals surface area contributed by atoms with E-state index in [1.54, 1.807) is 0 Å². The highest BCUT2D eigenvalue weighted by molar-refractivity contribution is 5.75. The molecule has 0 spiro atoms. The maximum absolute atomic E-state index is 9.00. The monoisotopic (exact) mass is 456 g/mol. The van der Waals surface area contributed by atoms with E-state index in [-0.39, 0.29) is 0 Å². The zero-order valence-corrected chi connectivity index (χ0v) is 21.7. The molecule has 0 aromatic heterocycles. The van der Waals surface area contributed by atoms with Crippen LogP contribution in [-0.4, -0.2) is 11.7 Å².